The van der Waals surface area contributed by atoms with Crippen LogP contribution in [0.3, 0.4) is 0 Å². The van der Waals surface area contributed by atoms with E-state index in [1.165, 1.54) is 13.0 Å². The standard InChI is InChI=1S/C17H22ClF3N2O2/c1-4-12(5-2)16(25)22-8-9-23(11(3)24)15-7-6-13(18)10-14(15)17(19,20)21/h6-7,10,12H,4-5,8-9H2,1-3H3,(H,22,25). The third kappa shape index (κ3) is 5.92. The largest absolute Gasteiger partial charge is 0.418 e. The highest BCUT2D eigenvalue weighted by Crippen LogP contribution is 2.38. The van der Waals surface area contributed by atoms with Crippen molar-refractivity contribution < 1.29 is 22.8 Å². The van der Waals surface area contributed by atoms with Gasteiger partial charge >= 0.3 is 6.18 Å². The van der Waals surface area contributed by atoms with Crippen LogP contribution in [-0.4, -0.2) is 24.9 Å². The lowest BCUT2D eigenvalue weighted by atomic mass is 10.0. The van der Waals surface area contributed by atoms with Crippen molar-refractivity contribution in [1.29, 1.82) is 0 Å². The van der Waals surface area contributed by atoms with Crippen LogP contribution < -0.4 is 10.2 Å². The average Bonchev–Trinajstić information content (AvgIpc) is 2.52. The number of carbonyl (C=O) groups is 2. The Hall–Kier alpha value is -1.76. The topological polar surface area (TPSA) is 49.4 Å². The van der Waals surface area contributed by atoms with Crippen molar-refractivity contribution in [1.82, 2.24) is 5.32 Å². The minimum Gasteiger partial charge on any atom is -0.354 e. The van der Waals surface area contributed by atoms with Crippen LogP contribution in [0.25, 0.3) is 0 Å². The molecule has 0 saturated heterocycles. The van der Waals surface area contributed by atoms with Gasteiger partial charge in [-0.15, -0.1) is 0 Å². The van der Waals surface area contributed by atoms with Crippen molar-refractivity contribution >= 4 is 29.1 Å². The summed E-state index contributed by atoms with van der Waals surface area (Å²) in [6.45, 7) is 4.95. The SMILES string of the molecule is CCC(CC)C(=O)NCCN(C(C)=O)c1ccc(Cl)cc1C(F)(F)F. The van der Waals surface area contributed by atoms with Crippen molar-refractivity contribution in [3.8, 4) is 0 Å². The molecular weight excluding hydrogens is 357 g/mol. The van der Waals surface area contributed by atoms with Gasteiger partial charge in [0.15, 0.2) is 0 Å². The highest BCUT2D eigenvalue weighted by atomic mass is 35.5. The number of hydrogen-bond acceptors (Lipinski definition) is 2. The van der Waals surface area contributed by atoms with Gasteiger partial charge in [-0.25, -0.2) is 0 Å². The van der Waals surface area contributed by atoms with Gasteiger partial charge in [-0.3, -0.25) is 9.59 Å². The van der Waals surface area contributed by atoms with E-state index in [4.69, 9.17) is 11.6 Å². The number of carbonyl (C=O) groups excluding carboxylic acids is 2. The second-order valence-corrected chi connectivity index (χ2v) is 6.07. The zero-order chi connectivity index (χ0) is 19.2. The number of nitrogens with one attached hydrogen (secondary N) is 1. The maximum absolute atomic E-state index is 13.2. The third-order valence-corrected chi connectivity index (χ3v) is 4.16. The Morgan fingerprint density at radius 1 is 1.24 bits per heavy atom. The first kappa shape index (κ1) is 21.3. The van der Waals surface area contributed by atoms with E-state index in [-0.39, 0.29) is 35.6 Å². The molecule has 0 heterocycles. The number of rotatable bonds is 7. The Morgan fingerprint density at radius 2 is 1.84 bits per heavy atom. The Balaban J connectivity index is 2.96. The van der Waals surface area contributed by atoms with Crippen LogP contribution >= 0.6 is 11.6 Å². The summed E-state index contributed by atoms with van der Waals surface area (Å²) in [6, 6.07) is 3.25. The lowest BCUT2D eigenvalue weighted by Crippen LogP contribution is -2.40. The summed E-state index contributed by atoms with van der Waals surface area (Å²) in [6.07, 6.45) is -3.30. The van der Waals surface area contributed by atoms with Gasteiger partial charge in [0.1, 0.15) is 0 Å². The quantitative estimate of drug-likeness (QED) is 0.770. The van der Waals surface area contributed by atoms with E-state index in [2.05, 4.69) is 5.32 Å². The second kappa shape index (κ2) is 9.08. The van der Waals surface area contributed by atoms with Gasteiger partial charge in [0.05, 0.1) is 11.3 Å². The number of anilines is 1. The summed E-state index contributed by atoms with van der Waals surface area (Å²) < 4.78 is 39.7. The molecule has 0 fully saturated rings. The highest BCUT2D eigenvalue weighted by Gasteiger charge is 2.35. The summed E-state index contributed by atoms with van der Waals surface area (Å²) in [4.78, 5) is 24.8. The lowest BCUT2D eigenvalue weighted by molar-refractivity contribution is -0.137. The molecule has 0 aliphatic rings. The Kier molecular flexibility index (Phi) is 7.73. The zero-order valence-electron chi connectivity index (χ0n) is 14.4. The number of nitrogens with zero attached hydrogens (tertiary/aromatic N) is 1. The minimum absolute atomic E-state index is 0.0636. The van der Waals surface area contributed by atoms with Gasteiger partial charge < -0.3 is 10.2 Å². The number of amides is 2. The van der Waals surface area contributed by atoms with Gasteiger partial charge in [0.2, 0.25) is 11.8 Å². The fourth-order valence-corrected chi connectivity index (χ4v) is 2.69. The zero-order valence-corrected chi connectivity index (χ0v) is 15.2. The van der Waals surface area contributed by atoms with Crippen molar-refractivity contribution in [2.24, 2.45) is 5.92 Å². The van der Waals surface area contributed by atoms with E-state index in [1.54, 1.807) is 0 Å². The predicted molar refractivity (Wildman–Crippen MR) is 91.6 cm³/mol. The molecule has 1 aromatic rings. The van der Waals surface area contributed by atoms with Crippen molar-refractivity contribution in [2.45, 2.75) is 39.8 Å². The average molecular weight is 379 g/mol. The normalized spacial score (nSPS) is 11.5. The first-order valence-electron chi connectivity index (χ1n) is 8.04. The van der Waals surface area contributed by atoms with Crippen LogP contribution in [0.4, 0.5) is 18.9 Å². The Labute approximate surface area is 150 Å². The van der Waals surface area contributed by atoms with Gasteiger partial charge in [0.25, 0.3) is 0 Å². The molecule has 0 radical (unpaired) electrons. The molecule has 0 atom stereocenters. The summed E-state index contributed by atoms with van der Waals surface area (Å²) in [5, 5.41) is 2.60. The molecule has 0 aliphatic heterocycles. The number of hydrogen-bond donors (Lipinski definition) is 1. The van der Waals surface area contributed by atoms with Gasteiger partial charge in [0, 0.05) is 31.0 Å². The molecule has 1 N–H and O–H groups in total. The first-order valence-corrected chi connectivity index (χ1v) is 8.42. The number of benzene rings is 1. The van der Waals surface area contributed by atoms with E-state index >= 15 is 0 Å². The molecule has 1 aromatic carbocycles. The van der Waals surface area contributed by atoms with Crippen LogP contribution in [0.2, 0.25) is 5.02 Å². The van der Waals surface area contributed by atoms with Gasteiger partial charge in [-0.2, -0.15) is 13.2 Å². The van der Waals surface area contributed by atoms with Crippen LogP contribution in [-0.2, 0) is 15.8 Å². The summed E-state index contributed by atoms with van der Waals surface area (Å²) in [7, 11) is 0. The molecule has 4 nitrogen and oxygen atoms in total. The smallest absolute Gasteiger partial charge is 0.354 e. The molecule has 0 aromatic heterocycles. The molecule has 0 bridgehead atoms. The highest BCUT2D eigenvalue weighted by molar-refractivity contribution is 6.30. The Morgan fingerprint density at radius 3 is 2.32 bits per heavy atom. The van der Waals surface area contributed by atoms with Crippen molar-refractivity contribution in [2.75, 3.05) is 18.0 Å². The maximum Gasteiger partial charge on any atom is 0.418 e. The molecule has 140 valence electrons. The van der Waals surface area contributed by atoms with E-state index in [1.807, 2.05) is 13.8 Å². The minimum atomic E-state index is -4.65. The molecule has 0 aliphatic carbocycles. The molecule has 2 amide bonds. The number of halogens is 4. The van der Waals surface area contributed by atoms with Gasteiger partial charge in [-0.1, -0.05) is 25.4 Å². The molecule has 0 saturated carbocycles. The Bertz CT molecular complexity index is 616. The predicted octanol–water partition coefficient (Wildman–Crippen LogP) is 4.26. The van der Waals surface area contributed by atoms with E-state index < -0.39 is 17.6 Å². The first-order chi connectivity index (χ1) is 11.6. The fraction of sp³-hybridized carbons (Fsp3) is 0.529. The van der Waals surface area contributed by atoms with E-state index in [0.29, 0.717) is 12.8 Å². The third-order valence-electron chi connectivity index (χ3n) is 3.93. The lowest BCUT2D eigenvalue weighted by Gasteiger charge is -2.25. The summed E-state index contributed by atoms with van der Waals surface area (Å²) >= 11 is 5.66. The summed E-state index contributed by atoms with van der Waals surface area (Å²) in [5.41, 5.74) is -1.26. The second-order valence-electron chi connectivity index (χ2n) is 5.63. The molecule has 0 spiro atoms. The van der Waals surface area contributed by atoms with E-state index in [0.717, 1.165) is 17.0 Å². The van der Waals surface area contributed by atoms with Crippen LogP contribution in [0, 0.1) is 5.92 Å². The number of alkyl halides is 3. The molecule has 0 unspecified atom stereocenters. The molecule has 8 heteroatoms. The molecule has 1 rings (SSSR count). The van der Waals surface area contributed by atoms with Crippen LogP contribution in [0.15, 0.2) is 18.2 Å². The summed E-state index contributed by atoms with van der Waals surface area (Å²) in [5.74, 6) is -0.864. The molecular formula is C17H22ClF3N2O2. The molecule has 25 heavy (non-hydrogen) atoms. The van der Waals surface area contributed by atoms with Crippen molar-refractivity contribution in [3.63, 3.8) is 0 Å². The monoisotopic (exact) mass is 378 g/mol. The van der Waals surface area contributed by atoms with Crippen molar-refractivity contribution in [3.05, 3.63) is 28.8 Å². The van der Waals surface area contributed by atoms with Crippen LogP contribution in [0.1, 0.15) is 39.2 Å². The van der Waals surface area contributed by atoms with E-state index in [9.17, 15) is 22.8 Å². The fourth-order valence-electron chi connectivity index (χ4n) is 2.51. The van der Waals surface area contributed by atoms with Crippen LogP contribution in [0.5, 0.6) is 0 Å². The maximum atomic E-state index is 13.2. The van der Waals surface area contributed by atoms with Gasteiger partial charge in [-0.05, 0) is 31.0 Å².